The molecule has 0 unspecified atom stereocenters. The van der Waals surface area contributed by atoms with Crippen molar-refractivity contribution in [1.29, 1.82) is 0 Å². The fourth-order valence-corrected chi connectivity index (χ4v) is 9.13. The number of carbonyl (C=O) groups is 1. The number of aromatic nitrogens is 4. The number of hydrogen-bond donors (Lipinski definition) is 2. The van der Waals surface area contributed by atoms with Crippen molar-refractivity contribution < 1.29 is 45.0 Å². The first-order valence-electron chi connectivity index (χ1n) is 21.9. The molecule has 0 fully saturated rings. The number of carbonyl (C=O) groups excluding carboxylic acids is 1. The van der Waals surface area contributed by atoms with Crippen molar-refractivity contribution in [2.75, 3.05) is 37.0 Å². The van der Waals surface area contributed by atoms with E-state index in [1.807, 2.05) is 0 Å². The number of amides is 1. The second kappa shape index (κ2) is 22.6. The topological polar surface area (TPSA) is 164 Å². The number of hydrogen-bond acceptors (Lipinski definition) is 10. The molecule has 354 valence electrons. The highest BCUT2D eigenvalue weighted by atomic mass is 32.2. The zero-order chi connectivity index (χ0) is 47.4. The van der Waals surface area contributed by atoms with Gasteiger partial charge in [-0.05, 0) is 78.8 Å². The Labute approximate surface area is 379 Å². The van der Waals surface area contributed by atoms with Crippen LogP contribution in [0.25, 0.3) is 22.4 Å². The molecule has 0 aliphatic rings. The number of anilines is 2. The van der Waals surface area contributed by atoms with Gasteiger partial charge in [-0.2, -0.15) is 18.3 Å². The number of ether oxygens (including phenoxy) is 3. The quantitative estimate of drug-likeness (QED) is 0.0425. The highest BCUT2D eigenvalue weighted by molar-refractivity contribution is 7.92. The van der Waals surface area contributed by atoms with Crippen LogP contribution in [0, 0.1) is 11.2 Å². The summed E-state index contributed by atoms with van der Waals surface area (Å²) in [6, 6.07) is 14.5. The Morgan fingerprint density at radius 2 is 1.52 bits per heavy atom. The Morgan fingerprint density at radius 1 is 0.862 bits per heavy atom. The van der Waals surface area contributed by atoms with Crippen molar-refractivity contribution in [3.05, 3.63) is 83.3 Å². The summed E-state index contributed by atoms with van der Waals surface area (Å²) in [5.74, 6) is -2.37. The van der Waals surface area contributed by atoms with Crippen molar-refractivity contribution in [3.8, 4) is 22.9 Å². The molecule has 0 saturated carbocycles. The molecule has 3 N–H and O–H groups in total. The largest absolute Gasteiger partial charge is 0.497 e. The summed E-state index contributed by atoms with van der Waals surface area (Å²) in [5.41, 5.74) is 5.95. The van der Waals surface area contributed by atoms with E-state index < -0.39 is 40.1 Å². The average molecular weight is 928 g/mol. The maximum atomic E-state index is 15.4. The Hall–Kier alpha value is -5.49. The van der Waals surface area contributed by atoms with E-state index in [0.717, 1.165) is 44.9 Å². The van der Waals surface area contributed by atoms with Gasteiger partial charge >= 0.3 is 6.18 Å². The molecule has 2 heterocycles. The highest BCUT2D eigenvalue weighted by Gasteiger charge is 2.32. The summed E-state index contributed by atoms with van der Waals surface area (Å²) in [4.78, 5) is 22.2. The van der Waals surface area contributed by atoms with Crippen molar-refractivity contribution >= 4 is 38.5 Å². The molecule has 0 aliphatic heterocycles. The summed E-state index contributed by atoms with van der Waals surface area (Å²) in [6.07, 6.45) is 5.06. The van der Waals surface area contributed by atoms with Crippen LogP contribution < -0.4 is 24.8 Å². The summed E-state index contributed by atoms with van der Waals surface area (Å²) in [5, 5.41) is 7.57. The third kappa shape index (κ3) is 13.8. The Bertz CT molecular complexity index is 2480. The molecule has 5 rings (SSSR count). The van der Waals surface area contributed by atoms with Crippen molar-refractivity contribution in [2.45, 2.75) is 123 Å². The summed E-state index contributed by atoms with van der Waals surface area (Å²) in [6.45, 7) is 8.51. The SMILES string of the molecule is CCN(c1ccc(OC)cc1CNc1nc(-c2cc(F)c(OC)cc2CC(F)(F)F)nc2c1c(C(N)=O)nn2COCCCCCCCCCCCC(C)(C)C)S(=O)(=O)c1ccccc1. The maximum absolute atomic E-state index is 15.4. The minimum Gasteiger partial charge on any atom is -0.497 e. The van der Waals surface area contributed by atoms with Gasteiger partial charge in [0.2, 0.25) is 0 Å². The molecule has 0 saturated heterocycles. The van der Waals surface area contributed by atoms with Gasteiger partial charge in [0.25, 0.3) is 15.9 Å². The lowest BCUT2D eigenvalue weighted by Crippen LogP contribution is -2.31. The minimum absolute atomic E-state index is 0.0170. The van der Waals surface area contributed by atoms with Gasteiger partial charge in [0.05, 0.1) is 36.6 Å². The summed E-state index contributed by atoms with van der Waals surface area (Å²) >= 11 is 0. The van der Waals surface area contributed by atoms with Crippen LogP contribution in [0.4, 0.5) is 29.1 Å². The van der Waals surface area contributed by atoms with Gasteiger partial charge in [-0.25, -0.2) is 27.5 Å². The Kier molecular flexibility index (Phi) is 17.6. The molecule has 0 spiro atoms. The standard InChI is InChI=1S/C47H61F4N7O6S/c1-7-58(65(60,61)35-20-16-15-17-21-35)38-23-22-34(62-5)26-33(38)30-53-44-40-41(42(52)59)56-57(31-64-25-19-14-12-10-8-9-11-13-18-24-46(2,3)4)45(40)55-43(54-44)36-28-37(48)39(63-6)27-32(36)29-47(49,50)51/h15-17,20-23,26-28H,7-14,18-19,24-25,29-31H2,1-6H3,(H2,52,59)(H,53,54,55). The fraction of sp³-hybridized carbons (Fsp3) is 0.489. The molecular weight excluding hydrogens is 867 g/mol. The molecule has 2 aromatic heterocycles. The number of nitrogens with one attached hydrogen (secondary N) is 1. The van der Waals surface area contributed by atoms with Crippen LogP contribution in [0.15, 0.2) is 65.6 Å². The molecule has 13 nitrogen and oxygen atoms in total. The number of nitrogens with two attached hydrogens (primary N) is 1. The molecule has 0 atom stereocenters. The van der Waals surface area contributed by atoms with E-state index >= 15 is 4.39 Å². The highest BCUT2D eigenvalue weighted by Crippen LogP contribution is 2.37. The number of primary amides is 1. The predicted molar refractivity (Wildman–Crippen MR) is 244 cm³/mol. The number of halogens is 4. The van der Waals surface area contributed by atoms with E-state index in [2.05, 4.69) is 41.2 Å². The van der Waals surface area contributed by atoms with Crippen LogP contribution in [-0.2, 0) is 34.5 Å². The molecular formula is C47H61F4N7O6S. The number of benzene rings is 3. The number of alkyl halides is 3. The van der Waals surface area contributed by atoms with Gasteiger partial charge < -0.3 is 25.3 Å². The van der Waals surface area contributed by atoms with E-state index in [9.17, 15) is 26.4 Å². The third-order valence-corrected chi connectivity index (χ3v) is 12.8. The zero-order valence-corrected chi connectivity index (χ0v) is 38.9. The monoisotopic (exact) mass is 927 g/mol. The summed E-state index contributed by atoms with van der Waals surface area (Å²) in [7, 11) is -1.48. The van der Waals surface area contributed by atoms with Gasteiger partial charge in [0.1, 0.15) is 18.3 Å². The summed E-state index contributed by atoms with van der Waals surface area (Å²) < 4.78 is 104. The van der Waals surface area contributed by atoms with Crippen LogP contribution >= 0.6 is 0 Å². The number of fused-ring (bicyclic) bond motifs is 1. The Morgan fingerprint density at radius 3 is 2.12 bits per heavy atom. The molecule has 5 aromatic rings. The average Bonchev–Trinajstić information content (AvgIpc) is 3.63. The second-order valence-corrected chi connectivity index (χ2v) is 19.0. The van der Waals surface area contributed by atoms with Crippen LogP contribution in [0.1, 0.15) is 114 Å². The fourth-order valence-electron chi connectivity index (χ4n) is 7.60. The molecule has 3 aromatic carbocycles. The number of nitrogens with zero attached hydrogens (tertiary/aromatic N) is 5. The number of sulfonamides is 1. The van der Waals surface area contributed by atoms with Gasteiger partial charge in [-0.15, -0.1) is 0 Å². The lowest BCUT2D eigenvalue weighted by molar-refractivity contribution is -0.127. The minimum atomic E-state index is -4.71. The number of methoxy groups -OCH3 is 2. The first-order valence-corrected chi connectivity index (χ1v) is 23.4. The number of rotatable bonds is 25. The molecule has 0 bridgehead atoms. The molecule has 18 heteroatoms. The first kappa shape index (κ1) is 50.5. The van der Waals surface area contributed by atoms with E-state index in [4.69, 9.17) is 19.9 Å². The predicted octanol–water partition coefficient (Wildman–Crippen LogP) is 10.6. The van der Waals surface area contributed by atoms with Crippen molar-refractivity contribution in [2.24, 2.45) is 11.1 Å². The lowest BCUT2D eigenvalue weighted by atomic mass is 9.89. The smallest absolute Gasteiger partial charge is 0.393 e. The lowest BCUT2D eigenvalue weighted by Gasteiger charge is -2.26. The first-order chi connectivity index (χ1) is 30.9. The normalized spacial score (nSPS) is 12.2. The van der Waals surface area contributed by atoms with Crippen LogP contribution in [0.5, 0.6) is 11.5 Å². The Balaban J connectivity index is 1.47. The molecule has 0 radical (unpaired) electrons. The van der Waals surface area contributed by atoms with Gasteiger partial charge in [-0.3, -0.25) is 9.10 Å². The third-order valence-electron chi connectivity index (χ3n) is 10.9. The second-order valence-electron chi connectivity index (χ2n) is 17.1. The maximum Gasteiger partial charge on any atom is 0.393 e. The van der Waals surface area contributed by atoms with Gasteiger partial charge in [0.15, 0.2) is 28.7 Å². The molecule has 65 heavy (non-hydrogen) atoms. The van der Waals surface area contributed by atoms with E-state index in [1.165, 1.54) is 66.8 Å². The molecule has 1 amide bonds. The van der Waals surface area contributed by atoms with Crippen molar-refractivity contribution in [1.82, 2.24) is 19.7 Å². The zero-order valence-electron chi connectivity index (χ0n) is 38.1. The van der Waals surface area contributed by atoms with Crippen molar-refractivity contribution in [3.63, 3.8) is 0 Å². The molecule has 0 aliphatic carbocycles. The van der Waals surface area contributed by atoms with Gasteiger partial charge in [-0.1, -0.05) is 90.3 Å². The van der Waals surface area contributed by atoms with Crippen LogP contribution in [0.2, 0.25) is 0 Å². The van der Waals surface area contributed by atoms with Gasteiger partial charge in [0, 0.05) is 25.3 Å². The van der Waals surface area contributed by atoms with Crippen LogP contribution in [0.3, 0.4) is 0 Å². The van der Waals surface area contributed by atoms with Crippen LogP contribution in [-0.4, -0.2) is 67.6 Å². The van der Waals surface area contributed by atoms with E-state index in [0.29, 0.717) is 23.3 Å². The van der Waals surface area contributed by atoms with E-state index in [-0.39, 0.29) is 69.9 Å². The van der Waals surface area contributed by atoms with E-state index in [1.54, 1.807) is 43.3 Å². The number of unbranched alkanes of at least 4 members (excludes halogenated alkanes) is 8.